The van der Waals surface area contributed by atoms with Crippen LogP contribution in [0.1, 0.15) is 17.2 Å². The van der Waals surface area contributed by atoms with Crippen LogP contribution in [0.4, 0.5) is 0 Å². The first-order valence-electron chi connectivity index (χ1n) is 6.43. The highest BCUT2D eigenvalue weighted by Gasteiger charge is 2.11. The van der Waals surface area contributed by atoms with Gasteiger partial charge in [0.05, 0.1) is 13.2 Å². The van der Waals surface area contributed by atoms with E-state index in [2.05, 4.69) is 10.3 Å². The van der Waals surface area contributed by atoms with Crippen molar-refractivity contribution in [3.05, 3.63) is 57.7 Å². The Morgan fingerprint density at radius 3 is 2.76 bits per heavy atom. The third kappa shape index (κ3) is 4.58. The van der Waals surface area contributed by atoms with Gasteiger partial charge in [-0.3, -0.25) is 0 Å². The van der Waals surface area contributed by atoms with Gasteiger partial charge >= 0.3 is 0 Å². The molecule has 0 aliphatic carbocycles. The molecule has 0 fully saturated rings. The van der Waals surface area contributed by atoms with Crippen LogP contribution in [-0.2, 0) is 6.54 Å². The van der Waals surface area contributed by atoms with Crippen LogP contribution in [0.15, 0.2) is 36.5 Å². The predicted octanol–water partition coefficient (Wildman–Crippen LogP) is 3.22. The van der Waals surface area contributed by atoms with E-state index in [1.807, 2.05) is 6.07 Å². The Morgan fingerprint density at radius 2 is 2.10 bits per heavy atom. The predicted molar refractivity (Wildman–Crippen MR) is 83.9 cm³/mol. The normalized spacial score (nSPS) is 12.2. The van der Waals surface area contributed by atoms with Crippen molar-refractivity contribution in [1.82, 2.24) is 10.3 Å². The van der Waals surface area contributed by atoms with Crippen molar-refractivity contribution < 1.29 is 9.84 Å². The molecular formula is C15H16Cl2N2O2. The van der Waals surface area contributed by atoms with E-state index in [0.717, 1.165) is 5.56 Å². The third-order valence-corrected chi connectivity index (χ3v) is 3.57. The van der Waals surface area contributed by atoms with Gasteiger partial charge < -0.3 is 15.2 Å². The number of hydrogen-bond acceptors (Lipinski definition) is 4. The molecule has 1 atom stereocenters. The minimum Gasteiger partial charge on any atom is -0.481 e. The van der Waals surface area contributed by atoms with Gasteiger partial charge in [0.25, 0.3) is 0 Å². The second kappa shape index (κ2) is 7.61. The molecule has 112 valence electrons. The molecule has 2 aromatic rings. The molecule has 2 N–H and O–H groups in total. The van der Waals surface area contributed by atoms with Crippen molar-refractivity contribution in [2.24, 2.45) is 0 Å². The number of aliphatic hydroxyl groups is 1. The number of nitrogens with one attached hydrogen (secondary N) is 1. The number of aliphatic hydroxyl groups excluding tert-OH is 1. The van der Waals surface area contributed by atoms with Crippen LogP contribution in [0, 0.1) is 0 Å². The summed E-state index contributed by atoms with van der Waals surface area (Å²) in [4.78, 5) is 4.12. The fraction of sp³-hybridized carbons (Fsp3) is 0.267. The van der Waals surface area contributed by atoms with Gasteiger partial charge in [0.2, 0.25) is 5.88 Å². The van der Waals surface area contributed by atoms with Crippen LogP contribution >= 0.6 is 23.2 Å². The molecule has 2 rings (SSSR count). The van der Waals surface area contributed by atoms with E-state index in [-0.39, 0.29) is 0 Å². The average molecular weight is 327 g/mol. The molecule has 0 aliphatic heterocycles. The maximum Gasteiger partial charge on any atom is 0.212 e. The van der Waals surface area contributed by atoms with Crippen LogP contribution in [0.25, 0.3) is 0 Å². The Kier molecular flexibility index (Phi) is 5.82. The van der Waals surface area contributed by atoms with Crippen LogP contribution in [0.5, 0.6) is 5.88 Å². The van der Waals surface area contributed by atoms with E-state index in [9.17, 15) is 5.11 Å². The largest absolute Gasteiger partial charge is 0.481 e. The van der Waals surface area contributed by atoms with E-state index < -0.39 is 6.10 Å². The van der Waals surface area contributed by atoms with Crippen molar-refractivity contribution >= 4 is 23.2 Å². The van der Waals surface area contributed by atoms with Crippen LogP contribution in [0.2, 0.25) is 10.0 Å². The first-order chi connectivity index (χ1) is 10.1. The molecule has 1 aromatic heterocycles. The van der Waals surface area contributed by atoms with Crippen LogP contribution < -0.4 is 10.1 Å². The standard InChI is InChI=1S/C15H16Cl2N2O2/c1-21-15-5-2-10(8-19-15)7-18-9-14(20)12-6-11(16)3-4-13(12)17/h2-6,8,14,18,20H,7,9H2,1H3. The van der Waals surface area contributed by atoms with Crippen molar-refractivity contribution in [1.29, 1.82) is 0 Å². The van der Waals surface area contributed by atoms with Crippen LogP contribution in [0.3, 0.4) is 0 Å². The first-order valence-corrected chi connectivity index (χ1v) is 7.18. The topological polar surface area (TPSA) is 54.4 Å². The Hall–Kier alpha value is -1.33. The van der Waals surface area contributed by atoms with Gasteiger partial charge in [-0.1, -0.05) is 29.3 Å². The number of rotatable bonds is 6. The third-order valence-electron chi connectivity index (χ3n) is 2.99. The molecule has 0 amide bonds. The van der Waals surface area contributed by atoms with Gasteiger partial charge in [-0.05, 0) is 23.8 Å². The average Bonchev–Trinajstić information content (AvgIpc) is 2.50. The number of ether oxygens (including phenoxy) is 1. The van der Waals surface area contributed by atoms with E-state index in [1.54, 1.807) is 37.6 Å². The summed E-state index contributed by atoms with van der Waals surface area (Å²) in [6.07, 6.45) is 1.01. The summed E-state index contributed by atoms with van der Waals surface area (Å²) in [6.45, 7) is 0.957. The smallest absolute Gasteiger partial charge is 0.212 e. The molecule has 21 heavy (non-hydrogen) atoms. The van der Waals surface area contributed by atoms with E-state index in [1.165, 1.54) is 0 Å². The number of aromatic nitrogens is 1. The number of halogens is 2. The number of methoxy groups -OCH3 is 1. The number of pyridine rings is 1. The Morgan fingerprint density at radius 1 is 1.29 bits per heavy atom. The fourth-order valence-corrected chi connectivity index (χ4v) is 2.29. The zero-order chi connectivity index (χ0) is 15.2. The molecule has 0 spiro atoms. The Balaban J connectivity index is 1.88. The van der Waals surface area contributed by atoms with Gasteiger partial charge in [0.15, 0.2) is 0 Å². The highest BCUT2D eigenvalue weighted by Crippen LogP contribution is 2.26. The maximum absolute atomic E-state index is 10.1. The Labute approximate surface area is 133 Å². The van der Waals surface area contributed by atoms with Gasteiger partial charge in [0, 0.05) is 41.0 Å². The second-order valence-corrected chi connectivity index (χ2v) is 5.36. The summed E-state index contributed by atoms with van der Waals surface area (Å²) in [5, 5.41) is 14.3. The number of hydrogen-bond donors (Lipinski definition) is 2. The van der Waals surface area contributed by atoms with E-state index in [0.29, 0.717) is 34.6 Å². The van der Waals surface area contributed by atoms with Gasteiger partial charge in [-0.15, -0.1) is 0 Å². The minimum atomic E-state index is -0.720. The van der Waals surface area contributed by atoms with Crippen molar-refractivity contribution in [2.45, 2.75) is 12.6 Å². The number of benzene rings is 1. The molecular weight excluding hydrogens is 311 g/mol. The molecule has 0 saturated heterocycles. The summed E-state index contributed by atoms with van der Waals surface area (Å²) < 4.78 is 5.00. The highest BCUT2D eigenvalue weighted by atomic mass is 35.5. The molecule has 0 radical (unpaired) electrons. The summed E-state index contributed by atoms with van der Waals surface area (Å²) in [7, 11) is 1.57. The quantitative estimate of drug-likeness (QED) is 0.855. The lowest BCUT2D eigenvalue weighted by Gasteiger charge is -2.14. The SMILES string of the molecule is COc1ccc(CNCC(O)c2cc(Cl)ccc2Cl)cn1. The van der Waals surface area contributed by atoms with Crippen molar-refractivity contribution in [3.8, 4) is 5.88 Å². The van der Waals surface area contributed by atoms with Gasteiger partial charge in [-0.2, -0.15) is 0 Å². The molecule has 0 bridgehead atoms. The second-order valence-electron chi connectivity index (χ2n) is 4.52. The number of nitrogens with zero attached hydrogens (tertiary/aromatic N) is 1. The lowest BCUT2D eigenvalue weighted by atomic mass is 10.1. The molecule has 1 heterocycles. The fourth-order valence-electron chi connectivity index (χ4n) is 1.87. The van der Waals surface area contributed by atoms with Crippen LogP contribution in [-0.4, -0.2) is 23.7 Å². The summed E-state index contributed by atoms with van der Waals surface area (Å²) in [6, 6.07) is 8.75. The van der Waals surface area contributed by atoms with Gasteiger partial charge in [-0.25, -0.2) is 4.98 Å². The summed E-state index contributed by atoms with van der Waals surface area (Å²) in [5.74, 6) is 0.574. The van der Waals surface area contributed by atoms with Crippen molar-refractivity contribution in [2.75, 3.05) is 13.7 Å². The molecule has 0 saturated carbocycles. The zero-order valence-electron chi connectivity index (χ0n) is 11.5. The van der Waals surface area contributed by atoms with Crippen molar-refractivity contribution in [3.63, 3.8) is 0 Å². The zero-order valence-corrected chi connectivity index (χ0v) is 13.0. The lowest BCUT2D eigenvalue weighted by Crippen LogP contribution is -2.21. The van der Waals surface area contributed by atoms with E-state index >= 15 is 0 Å². The first kappa shape index (κ1) is 16.0. The molecule has 1 unspecified atom stereocenters. The lowest BCUT2D eigenvalue weighted by molar-refractivity contribution is 0.174. The Bertz CT molecular complexity index is 591. The summed E-state index contributed by atoms with van der Waals surface area (Å²) in [5.41, 5.74) is 1.62. The van der Waals surface area contributed by atoms with E-state index in [4.69, 9.17) is 27.9 Å². The molecule has 0 aliphatic rings. The highest BCUT2D eigenvalue weighted by molar-refractivity contribution is 6.33. The monoisotopic (exact) mass is 326 g/mol. The summed E-state index contributed by atoms with van der Waals surface area (Å²) >= 11 is 12.0. The molecule has 1 aromatic carbocycles. The van der Waals surface area contributed by atoms with Gasteiger partial charge in [0.1, 0.15) is 0 Å². The minimum absolute atomic E-state index is 0.367. The maximum atomic E-state index is 10.1. The molecule has 4 nitrogen and oxygen atoms in total. The molecule has 6 heteroatoms.